The standard InChI is InChI=1S/C20H21N3O2S/c1-12-6-5-7-15-16(12)21-19(26-15)22-17(24)13-8-10-14(11-9-13)18(25)23-20(2,3)4/h5-11H,1-4H3,(H,23,25)(H,21,22,24). The van der Waals surface area contributed by atoms with Crippen LogP contribution in [0.1, 0.15) is 47.1 Å². The molecular weight excluding hydrogens is 346 g/mol. The van der Waals surface area contributed by atoms with Gasteiger partial charge in [0.1, 0.15) is 0 Å². The van der Waals surface area contributed by atoms with Gasteiger partial charge >= 0.3 is 0 Å². The molecule has 2 aromatic carbocycles. The number of hydrogen-bond donors (Lipinski definition) is 2. The second-order valence-corrected chi connectivity index (χ2v) is 8.21. The molecule has 2 amide bonds. The molecule has 5 nitrogen and oxygen atoms in total. The summed E-state index contributed by atoms with van der Waals surface area (Å²) in [5.74, 6) is -0.407. The lowest BCUT2D eigenvalue weighted by Gasteiger charge is -2.20. The van der Waals surface area contributed by atoms with Gasteiger partial charge in [0.05, 0.1) is 10.2 Å². The summed E-state index contributed by atoms with van der Waals surface area (Å²) in [6.07, 6.45) is 0. The van der Waals surface area contributed by atoms with E-state index in [1.807, 2.05) is 45.9 Å². The third-order valence-electron chi connectivity index (χ3n) is 3.74. The molecule has 6 heteroatoms. The van der Waals surface area contributed by atoms with E-state index in [-0.39, 0.29) is 17.4 Å². The first kappa shape index (κ1) is 18.1. The van der Waals surface area contributed by atoms with E-state index in [1.54, 1.807) is 24.3 Å². The van der Waals surface area contributed by atoms with Crippen LogP contribution in [0, 0.1) is 6.92 Å². The van der Waals surface area contributed by atoms with Crippen LogP contribution in [0.25, 0.3) is 10.2 Å². The van der Waals surface area contributed by atoms with Gasteiger partial charge in [0, 0.05) is 16.7 Å². The molecule has 26 heavy (non-hydrogen) atoms. The van der Waals surface area contributed by atoms with Crippen molar-refractivity contribution >= 4 is 38.5 Å². The minimum absolute atomic E-state index is 0.161. The van der Waals surface area contributed by atoms with Crippen LogP contribution in [-0.4, -0.2) is 22.3 Å². The smallest absolute Gasteiger partial charge is 0.257 e. The van der Waals surface area contributed by atoms with Crippen molar-refractivity contribution in [3.8, 4) is 0 Å². The minimum Gasteiger partial charge on any atom is -0.347 e. The number of carbonyl (C=O) groups excluding carboxylic acids is 2. The van der Waals surface area contributed by atoms with E-state index in [2.05, 4.69) is 15.6 Å². The highest BCUT2D eigenvalue weighted by Gasteiger charge is 2.16. The van der Waals surface area contributed by atoms with Crippen LogP contribution < -0.4 is 10.6 Å². The summed E-state index contributed by atoms with van der Waals surface area (Å²) in [6.45, 7) is 7.76. The lowest BCUT2D eigenvalue weighted by molar-refractivity contribution is 0.0918. The lowest BCUT2D eigenvalue weighted by atomic mass is 10.1. The summed E-state index contributed by atoms with van der Waals surface area (Å²) in [5, 5.41) is 6.29. The monoisotopic (exact) mass is 367 g/mol. The number of benzene rings is 2. The number of anilines is 1. The number of thiazole rings is 1. The van der Waals surface area contributed by atoms with E-state index in [0.717, 1.165) is 15.8 Å². The van der Waals surface area contributed by atoms with Crippen LogP contribution in [0.15, 0.2) is 42.5 Å². The number of nitrogens with one attached hydrogen (secondary N) is 2. The Morgan fingerprint density at radius 2 is 1.58 bits per heavy atom. The Morgan fingerprint density at radius 3 is 2.15 bits per heavy atom. The van der Waals surface area contributed by atoms with E-state index in [0.29, 0.717) is 16.3 Å². The van der Waals surface area contributed by atoms with Crippen molar-refractivity contribution in [2.75, 3.05) is 5.32 Å². The number of hydrogen-bond acceptors (Lipinski definition) is 4. The fourth-order valence-corrected chi connectivity index (χ4v) is 3.43. The normalized spacial score (nSPS) is 11.4. The Balaban J connectivity index is 1.73. The van der Waals surface area contributed by atoms with Crippen molar-refractivity contribution in [3.63, 3.8) is 0 Å². The Labute approximate surface area is 156 Å². The van der Waals surface area contributed by atoms with E-state index in [9.17, 15) is 9.59 Å². The van der Waals surface area contributed by atoms with E-state index in [1.165, 1.54) is 11.3 Å². The fraction of sp³-hybridized carbons (Fsp3) is 0.250. The number of nitrogens with zero attached hydrogens (tertiary/aromatic N) is 1. The van der Waals surface area contributed by atoms with Crippen LogP contribution in [0.3, 0.4) is 0 Å². The van der Waals surface area contributed by atoms with Crippen molar-refractivity contribution < 1.29 is 9.59 Å². The Hall–Kier alpha value is -2.73. The van der Waals surface area contributed by atoms with Crippen molar-refractivity contribution in [1.82, 2.24) is 10.3 Å². The number of amides is 2. The van der Waals surface area contributed by atoms with Gasteiger partial charge in [-0.25, -0.2) is 4.98 Å². The third kappa shape index (κ3) is 4.08. The molecule has 0 spiro atoms. The van der Waals surface area contributed by atoms with E-state index >= 15 is 0 Å². The minimum atomic E-state index is -0.307. The third-order valence-corrected chi connectivity index (χ3v) is 4.68. The zero-order valence-corrected chi connectivity index (χ0v) is 16.0. The maximum absolute atomic E-state index is 12.4. The van der Waals surface area contributed by atoms with Gasteiger partial charge in [-0.1, -0.05) is 23.5 Å². The largest absolute Gasteiger partial charge is 0.347 e. The van der Waals surface area contributed by atoms with Gasteiger partial charge in [-0.3, -0.25) is 14.9 Å². The molecule has 0 bridgehead atoms. The summed E-state index contributed by atoms with van der Waals surface area (Å²) in [7, 11) is 0. The summed E-state index contributed by atoms with van der Waals surface area (Å²) < 4.78 is 1.04. The molecule has 0 aliphatic carbocycles. The van der Waals surface area contributed by atoms with Crippen LogP contribution in [-0.2, 0) is 0 Å². The molecule has 0 saturated heterocycles. The second-order valence-electron chi connectivity index (χ2n) is 7.18. The molecule has 0 unspecified atom stereocenters. The van der Waals surface area contributed by atoms with Crippen molar-refractivity contribution in [2.45, 2.75) is 33.2 Å². The SMILES string of the molecule is Cc1cccc2sc(NC(=O)c3ccc(C(=O)NC(C)(C)C)cc3)nc12. The van der Waals surface area contributed by atoms with E-state index in [4.69, 9.17) is 0 Å². The number of rotatable bonds is 3. The molecule has 3 rings (SSSR count). The average Bonchev–Trinajstić information content (AvgIpc) is 2.97. The van der Waals surface area contributed by atoms with E-state index < -0.39 is 0 Å². The maximum atomic E-state index is 12.4. The van der Waals surface area contributed by atoms with Gasteiger partial charge in [0.25, 0.3) is 11.8 Å². The quantitative estimate of drug-likeness (QED) is 0.721. The predicted molar refractivity (Wildman–Crippen MR) is 106 cm³/mol. The molecular formula is C20H21N3O2S. The van der Waals surface area contributed by atoms with Crippen LogP contribution >= 0.6 is 11.3 Å². The summed E-state index contributed by atoms with van der Waals surface area (Å²) in [5.41, 5.74) is 2.67. The number of fused-ring (bicyclic) bond motifs is 1. The number of carbonyl (C=O) groups is 2. The number of aryl methyl sites for hydroxylation is 1. The highest BCUT2D eigenvalue weighted by atomic mass is 32.1. The van der Waals surface area contributed by atoms with Crippen LogP contribution in [0.4, 0.5) is 5.13 Å². The van der Waals surface area contributed by atoms with Crippen molar-refractivity contribution in [2.24, 2.45) is 0 Å². The zero-order valence-electron chi connectivity index (χ0n) is 15.2. The number of para-hydroxylation sites is 1. The lowest BCUT2D eigenvalue weighted by Crippen LogP contribution is -2.40. The first-order valence-electron chi connectivity index (χ1n) is 8.33. The maximum Gasteiger partial charge on any atom is 0.257 e. The van der Waals surface area contributed by atoms with Crippen LogP contribution in [0.2, 0.25) is 0 Å². The Morgan fingerprint density at radius 1 is 0.962 bits per heavy atom. The summed E-state index contributed by atoms with van der Waals surface area (Å²) in [6, 6.07) is 12.5. The molecule has 0 saturated carbocycles. The molecule has 0 radical (unpaired) electrons. The van der Waals surface area contributed by atoms with Gasteiger partial charge in [0.2, 0.25) is 0 Å². The zero-order chi connectivity index (χ0) is 18.9. The Bertz CT molecular complexity index is 969. The molecule has 134 valence electrons. The number of aromatic nitrogens is 1. The van der Waals surface area contributed by atoms with Gasteiger partial charge in [-0.2, -0.15) is 0 Å². The first-order valence-corrected chi connectivity index (χ1v) is 9.15. The molecule has 2 N–H and O–H groups in total. The molecule has 0 atom stereocenters. The molecule has 3 aromatic rings. The molecule has 1 heterocycles. The fourth-order valence-electron chi connectivity index (χ4n) is 2.49. The van der Waals surface area contributed by atoms with Gasteiger partial charge in [-0.15, -0.1) is 0 Å². The topological polar surface area (TPSA) is 71.1 Å². The Kier molecular flexibility index (Phi) is 4.78. The van der Waals surface area contributed by atoms with Crippen molar-refractivity contribution in [1.29, 1.82) is 0 Å². The van der Waals surface area contributed by atoms with Gasteiger partial charge in [-0.05, 0) is 63.6 Å². The highest BCUT2D eigenvalue weighted by Crippen LogP contribution is 2.28. The van der Waals surface area contributed by atoms with Gasteiger partial charge in [0.15, 0.2) is 5.13 Å². The second kappa shape index (κ2) is 6.88. The molecule has 0 aliphatic heterocycles. The van der Waals surface area contributed by atoms with Crippen molar-refractivity contribution in [3.05, 3.63) is 59.2 Å². The molecule has 0 aliphatic rings. The van der Waals surface area contributed by atoms with Crippen LogP contribution in [0.5, 0.6) is 0 Å². The summed E-state index contributed by atoms with van der Waals surface area (Å²) in [4.78, 5) is 29.1. The molecule has 1 aromatic heterocycles. The highest BCUT2D eigenvalue weighted by molar-refractivity contribution is 7.22. The average molecular weight is 367 g/mol. The first-order chi connectivity index (χ1) is 12.2. The summed E-state index contributed by atoms with van der Waals surface area (Å²) >= 11 is 1.44. The van der Waals surface area contributed by atoms with Gasteiger partial charge < -0.3 is 5.32 Å². The predicted octanol–water partition coefficient (Wildman–Crippen LogP) is 4.39. The molecule has 0 fully saturated rings.